The van der Waals surface area contributed by atoms with Crippen LogP contribution < -0.4 is 10.2 Å². The zero-order chi connectivity index (χ0) is 13.4. The number of thiazole rings is 1. The van der Waals surface area contributed by atoms with Crippen molar-refractivity contribution in [2.24, 2.45) is 0 Å². The molecule has 1 atom stereocenters. The van der Waals surface area contributed by atoms with Gasteiger partial charge in [-0.15, -0.1) is 11.3 Å². The lowest BCUT2D eigenvalue weighted by Gasteiger charge is -2.26. The SMILES string of the molecule is CCCNCc1cnc(N(CC)C(C)COC)s1. The van der Waals surface area contributed by atoms with E-state index in [9.17, 15) is 0 Å². The van der Waals surface area contributed by atoms with Crippen LogP contribution in [0.25, 0.3) is 0 Å². The minimum Gasteiger partial charge on any atom is -0.383 e. The summed E-state index contributed by atoms with van der Waals surface area (Å²) in [5.41, 5.74) is 0. The lowest BCUT2D eigenvalue weighted by atomic mass is 10.3. The van der Waals surface area contributed by atoms with Gasteiger partial charge in [0.15, 0.2) is 5.13 Å². The molecule has 18 heavy (non-hydrogen) atoms. The van der Waals surface area contributed by atoms with Gasteiger partial charge in [0.1, 0.15) is 0 Å². The van der Waals surface area contributed by atoms with Gasteiger partial charge in [-0.25, -0.2) is 4.98 Å². The average molecular weight is 271 g/mol. The molecule has 0 radical (unpaired) electrons. The Bertz CT molecular complexity index is 330. The van der Waals surface area contributed by atoms with Crippen molar-refractivity contribution in [2.75, 3.05) is 31.7 Å². The summed E-state index contributed by atoms with van der Waals surface area (Å²) in [5, 5.41) is 4.50. The minimum atomic E-state index is 0.364. The van der Waals surface area contributed by atoms with E-state index in [2.05, 4.69) is 36.0 Å². The van der Waals surface area contributed by atoms with E-state index in [0.717, 1.165) is 37.8 Å². The molecule has 1 aromatic heterocycles. The third kappa shape index (κ3) is 4.55. The van der Waals surface area contributed by atoms with Crippen molar-refractivity contribution in [3.05, 3.63) is 11.1 Å². The summed E-state index contributed by atoms with van der Waals surface area (Å²) in [6, 6.07) is 0.364. The van der Waals surface area contributed by atoms with Crippen molar-refractivity contribution in [1.29, 1.82) is 0 Å². The van der Waals surface area contributed by atoms with Gasteiger partial charge in [0.05, 0.1) is 12.6 Å². The van der Waals surface area contributed by atoms with E-state index in [1.807, 2.05) is 6.20 Å². The molecule has 0 saturated carbocycles. The van der Waals surface area contributed by atoms with Gasteiger partial charge in [-0.2, -0.15) is 0 Å². The van der Waals surface area contributed by atoms with Crippen molar-refractivity contribution in [3.8, 4) is 0 Å². The monoisotopic (exact) mass is 271 g/mol. The second-order valence-electron chi connectivity index (χ2n) is 4.38. The Morgan fingerprint density at radius 1 is 1.50 bits per heavy atom. The van der Waals surface area contributed by atoms with Crippen LogP contribution in [-0.4, -0.2) is 37.8 Å². The van der Waals surface area contributed by atoms with Gasteiger partial charge in [-0.05, 0) is 26.8 Å². The first-order valence-corrected chi connectivity index (χ1v) is 7.45. The van der Waals surface area contributed by atoms with E-state index in [1.165, 1.54) is 4.88 Å². The summed E-state index contributed by atoms with van der Waals surface area (Å²) >= 11 is 1.77. The van der Waals surface area contributed by atoms with E-state index < -0.39 is 0 Å². The zero-order valence-corrected chi connectivity index (χ0v) is 12.7. The van der Waals surface area contributed by atoms with Gasteiger partial charge in [0.2, 0.25) is 0 Å². The van der Waals surface area contributed by atoms with Gasteiger partial charge in [-0.1, -0.05) is 6.92 Å². The van der Waals surface area contributed by atoms with Crippen molar-refractivity contribution in [2.45, 2.75) is 39.8 Å². The minimum absolute atomic E-state index is 0.364. The molecule has 1 N–H and O–H groups in total. The predicted octanol–water partition coefficient (Wildman–Crippen LogP) is 2.50. The molecular formula is C13H25N3OS. The Morgan fingerprint density at radius 3 is 2.89 bits per heavy atom. The lowest BCUT2D eigenvalue weighted by molar-refractivity contribution is 0.182. The molecule has 0 aliphatic rings. The predicted molar refractivity (Wildman–Crippen MR) is 78.5 cm³/mol. The molecule has 0 aliphatic heterocycles. The Kier molecular flexibility index (Phi) is 7.23. The first kappa shape index (κ1) is 15.4. The number of likely N-dealkylation sites (N-methyl/N-ethyl adjacent to an activating group) is 1. The van der Waals surface area contributed by atoms with E-state index in [0.29, 0.717) is 6.04 Å². The Labute approximate surface area is 114 Å². The molecule has 0 spiro atoms. The van der Waals surface area contributed by atoms with Crippen LogP contribution in [0.1, 0.15) is 32.1 Å². The Morgan fingerprint density at radius 2 is 2.28 bits per heavy atom. The summed E-state index contributed by atoms with van der Waals surface area (Å²) in [6.45, 7) is 10.2. The number of nitrogens with one attached hydrogen (secondary N) is 1. The fourth-order valence-corrected chi connectivity index (χ4v) is 2.91. The van der Waals surface area contributed by atoms with Crippen LogP contribution in [0.5, 0.6) is 0 Å². The summed E-state index contributed by atoms with van der Waals surface area (Å²) < 4.78 is 5.22. The molecule has 1 unspecified atom stereocenters. The summed E-state index contributed by atoms with van der Waals surface area (Å²) in [7, 11) is 1.74. The van der Waals surface area contributed by atoms with Gasteiger partial charge >= 0.3 is 0 Å². The van der Waals surface area contributed by atoms with Crippen molar-refractivity contribution < 1.29 is 4.74 Å². The average Bonchev–Trinajstić information content (AvgIpc) is 2.79. The topological polar surface area (TPSA) is 37.4 Å². The third-order valence-corrected chi connectivity index (χ3v) is 3.83. The van der Waals surface area contributed by atoms with E-state index in [4.69, 9.17) is 4.74 Å². The standard InChI is InChI=1S/C13H25N3OS/c1-5-7-14-8-12-9-15-13(18-12)16(6-2)11(3)10-17-4/h9,11,14H,5-8,10H2,1-4H3. The molecule has 0 aliphatic carbocycles. The molecule has 0 amide bonds. The first-order chi connectivity index (χ1) is 8.72. The van der Waals surface area contributed by atoms with E-state index in [-0.39, 0.29) is 0 Å². The van der Waals surface area contributed by atoms with E-state index >= 15 is 0 Å². The normalized spacial score (nSPS) is 12.7. The number of hydrogen-bond donors (Lipinski definition) is 1. The zero-order valence-electron chi connectivity index (χ0n) is 11.9. The number of anilines is 1. The maximum absolute atomic E-state index is 5.22. The van der Waals surface area contributed by atoms with Crippen LogP contribution >= 0.6 is 11.3 Å². The maximum Gasteiger partial charge on any atom is 0.185 e. The van der Waals surface area contributed by atoms with Crippen molar-refractivity contribution >= 4 is 16.5 Å². The highest BCUT2D eigenvalue weighted by atomic mass is 32.1. The molecular weight excluding hydrogens is 246 g/mol. The second kappa shape index (κ2) is 8.45. The second-order valence-corrected chi connectivity index (χ2v) is 5.47. The number of ether oxygens (including phenoxy) is 1. The Balaban J connectivity index is 2.58. The molecule has 1 rings (SSSR count). The third-order valence-electron chi connectivity index (χ3n) is 2.79. The van der Waals surface area contributed by atoms with Crippen molar-refractivity contribution in [3.63, 3.8) is 0 Å². The van der Waals surface area contributed by atoms with Crippen LogP contribution in [0.2, 0.25) is 0 Å². The largest absolute Gasteiger partial charge is 0.383 e. The van der Waals surface area contributed by atoms with Gasteiger partial charge in [-0.3, -0.25) is 0 Å². The molecule has 0 aromatic carbocycles. The molecule has 1 aromatic rings. The van der Waals surface area contributed by atoms with Crippen LogP contribution in [0.3, 0.4) is 0 Å². The molecule has 0 saturated heterocycles. The lowest BCUT2D eigenvalue weighted by Crippen LogP contribution is -2.35. The molecule has 4 nitrogen and oxygen atoms in total. The fourth-order valence-electron chi connectivity index (χ4n) is 1.87. The quantitative estimate of drug-likeness (QED) is 0.700. The first-order valence-electron chi connectivity index (χ1n) is 6.63. The number of nitrogens with zero attached hydrogens (tertiary/aromatic N) is 2. The number of methoxy groups -OCH3 is 1. The highest BCUT2D eigenvalue weighted by Gasteiger charge is 2.15. The van der Waals surface area contributed by atoms with Gasteiger partial charge < -0.3 is 15.0 Å². The molecule has 0 bridgehead atoms. The number of aromatic nitrogens is 1. The van der Waals surface area contributed by atoms with Crippen LogP contribution in [0, 0.1) is 0 Å². The smallest absolute Gasteiger partial charge is 0.185 e. The highest BCUT2D eigenvalue weighted by molar-refractivity contribution is 7.15. The number of rotatable bonds is 9. The fraction of sp³-hybridized carbons (Fsp3) is 0.769. The molecule has 0 fully saturated rings. The van der Waals surface area contributed by atoms with Crippen LogP contribution in [-0.2, 0) is 11.3 Å². The maximum atomic E-state index is 5.22. The van der Waals surface area contributed by atoms with Crippen LogP contribution in [0.15, 0.2) is 6.20 Å². The molecule has 104 valence electrons. The summed E-state index contributed by atoms with van der Waals surface area (Å²) in [6.07, 6.45) is 3.14. The molecule has 1 heterocycles. The summed E-state index contributed by atoms with van der Waals surface area (Å²) in [4.78, 5) is 8.10. The van der Waals surface area contributed by atoms with E-state index in [1.54, 1.807) is 18.4 Å². The highest BCUT2D eigenvalue weighted by Crippen LogP contribution is 2.24. The van der Waals surface area contributed by atoms with Gasteiger partial charge in [0.25, 0.3) is 0 Å². The van der Waals surface area contributed by atoms with Crippen LogP contribution in [0.4, 0.5) is 5.13 Å². The Hall–Kier alpha value is -0.650. The number of hydrogen-bond acceptors (Lipinski definition) is 5. The molecule has 5 heteroatoms. The van der Waals surface area contributed by atoms with Crippen molar-refractivity contribution in [1.82, 2.24) is 10.3 Å². The summed E-state index contributed by atoms with van der Waals surface area (Å²) in [5.74, 6) is 0. The van der Waals surface area contributed by atoms with Gasteiger partial charge in [0, 0.05) is 31.3 Å².